The van der Waals surface area contributed by atoms with Crippen molar-refractivity contribution in [3.8, 4) is 0 Å². The average molecular weight is 291 g/mol. The molecule has 2 aromatic rings. The van der Waals surface area contributed by atoms with Crippen molar-refractivity contribution < 1.29 is 8.81 Å². The van der Waals surface area contributed by atoms with Gasteiger partial charge in [-0.1, -0.05) is 39.5 Å². The van der Waals surface area contributed by atoms with Crippen LogP contribution in [-0.4, -0.2) is 6.54 Å². The predicted octanol–water partition coefficient (Wildman–Crippen LogP) is 5.58. The highest BCUT2D eigenvalue weighted by molar-refractivity contribution is 5.78. The highest BCUT2D eigenvalue weighted by atomic mass is 19.1. The molecule has 1 aromatic carbocycles. The van der Waals surface area contributed by atoms with E-state index in [0.717, 1.165) is 36.1 Å². The van der Waals surface area contributed by atoms with Gasteiger partial charge in [0.1, 0.15) is 17.2 Å². The van der Waals surface area contributed by atoms with Gasteiger partial charge < -0.3 is 9.73 Å². The topological polar surface area (TPSA) is 25.2 Å². The Balaban J connectivity index is 2.09. The number of halogens is 1. The van der Waals surface area contributed by atoms with E-state index in [0.29, 0.717) is 0 Å². The standard InChI is InChI=1S/C18H26FNO/c1-3-5-6-7-8-16(20-11-4-2)18-13-14-12-15(19)9-10-17(14)21-18/h9-10,12-13,16,20H,3-8,11H2,1-2H3. The summed E-state index contributed by atoms with van der Waals surface area (Å²) in [5, 5.41) is 4.40. The van der Waals surface area contributed by atoms with Gasteiger partial charge in [0.05, 0.1) is 6.04 Å². The lowest BCUT2D eigenvalue weighted by Crippen LogP contribution is -2.21. The van der Waals surface area contributed by atoms with Gasteiger partial charge in [-0.15, -0.1) is 0 Å². The van der Waals surface area contributed by atoms with Gasteiger partial charge in [-0.05, 0) is 43.7 Å². The number of hydrogen-bond donors (Lipinski definition) is 1. The average Bonchev–Trinajstić information content (AvgIpc) is 2.89. The summed E-state index contributed by atoms with van der Waals surface area (Å²) in [6.07, 6.45) is 7.15. The quantitative estimate of drug-likeness (QED) is 0.610. The molecule has 0 saturated heterocycles. The van der Waals surface area contributed by atoms with Gasteiger partial charge in [0.25, 0.3) is 0 Å². The van der Waals surface area contributed by atoms with Crippen LogP contribution in [0.15, 0.2) is 28.7 Å². The molecule has 0 bridgehead atoms. The van der Waals surface area contributed by atoms with E-state index in [1.54, 1.807) is 6.07 Å². The number of furan rings is 1. The van der Waals surface area contributed by atoms with Crippen molar-refractivity contribution in [1.29, 1.82) is 0 Å². The van der Waals surface area contributed by atoms with E-state index in [9.17, 15) is 4.39 Å². The molecule has 1 atom stereocenters. The van der Waals surface area contributed by atoms with Crippen LogP contribution in [0.3, 0.4) is 0 Å². The van der Waals surface area contributed by atoms with Crippen LogP contribution >= 0.6 is 0 Å². The van der Waals surface area contributed by atoms with E-state index in [1.807, 2.05) is 6.07 Å². The minimum Gasteiger partial charge on any atom is -0.459 e. The third-order valence-electron chi connectivity index (χ3n) is 3.83. The van der Waals surface area contributed by atoms with E-state index in [2.05, 4.69) is 19.2 Å². The molecule has 116 valence electrons. The van der Waals surface area contributed by atoms with E-state index < -0.39 is 0 Å². The maximum absolute atomic E-state index is 13.3. The van der Waals surface area contributed by atoms with Crippen molar-refractivity contribution in [2.24, 2.45) is 0 Å². The summed E-state index contributed by atoms with van der Waals surface area (Å²) in [5.41, 5.74) is 0.767. The lowest BCUT2D eigenvalue weighted by molar-refractivity contribution is 0.397. The number of fused-ring (bicyclic) bond motifs is 1. The highest BCUT2D eigenvalue weighted by Gasteiger charge is 2.15. The van der Waals surface area contributed by atoms with E-state index in [1.165, 1.54) is 37.8 Å². The molecule has 21 heavy (non-hydrogen) atoms. The fourth-order valence-corrected chi connectivity index (χ4v) is 2.65. The Morgan fingerprint density at radius 2 is 1.95 bits per heavy atom. The summed E-state index contributed by atoms with van der Waals surface area (Å²) in [6.45, 7) is 5.36. The van der Waals surface area contributed by atoms with Crippen LogP contribution in [0.4, 0.5) is 4.39 Å². The maximum atomic E-state index is 13.3. The second kappa shape index (κ2) is 8.18. The number of hydrogen-bond acceptors (Lipinski definition) is 2. The minimum atomic E-state index is -0.212. The second-order valence-corrected chi connectivity index (χ2v) is 5.69. The molecule has 0 aliphatic carbocycles. The molecule has 2 nitrogen and oxygen atoms in total. The summed E-state index contributed by atoms with van der Waals surface area (Å²) in [6, 6.07) is 6.91. The number of nitrogens with one attached hydrogen (secondary N) is 1. The van der Waals surface area contributed by atoms with Gasteiger partial charge in [-0.2, -0.15) is 0 Å². The lowest BCUT2D eigenvalue weighted by atomic mass is 10.0. The molecule has 0 fully saturated rings. The van der Waals surface area contributed by atoms with Gasteiger partial charge in [0.15, 0.2) is 0 Å². The Hall–Kier alpha value is -1.35. The fraction of sp³-hybridized carbons (Fsp3) is 0.556. The third kappa shape index (κ3) is 4.57. The Morgan fingerprint density at radius 3 is 2.71 bits per heavy atom. The first-order valence-corrected chi connectivity index (χ1v) is 8.17. The van der Waals surface area contributed by atoms with Gasteiger partial charge in [-0.3, -0.25) is 0 Å². The van der Waals surface area contributed by atoms with Gasteiger partial charge in [0.2, 0.25) is 0 Å². The van der Waals surface area contributed by atoms with Crippen molar-refractivity contribution in [3.05, 3.63) is 35.8 Å². The zero-order valence-electron chi connectivity index (χ0n) is 13.1. The largest absolute Gasteiger partial charge is 0.459 e. The molecule has 2 rings (SSSR count). The molecule has 1 unspecified atom stereocenters. The van der Waals surface area contributed by atoms with Crippen LogP contribution < -0.4 is 5.32 Å². The Labute approximate surface area is 126 Å². The smallest absolute Gasteiger partial charge is 0.134 e. The molecule has 1 aromatic heterocycles. The number of unbranched alkanes of at least 4 members (excludes halogenated alkanes) is 3. The zero-order chi connectivity index (χ0) is 15.1. The Kier molecular flexibility index (Phi) is 6.24. The molecule has 0 radical (unpaired) electrons. The molecule has 1 heterocycles. The summed E-state index contributed by atoms with van der Waals surface area (Å²) in [5.74, 6) is 0.719. The van der Waals surface area contributed by atoms with Crippen molar-refractivity contribution in [1.82, 2.24) is 5.32 Å². The van der Waals surface area contributed by atoms with Crippen molar-refractivity contribution >= 4 is 11.0 Å². The van der Waals surface area contributed by atoms with E-state index in [4.69, 9.17) is 4.42 Å². The molecule has 3 heteroatoms. The summed E-state index contributed by atoms with van der Waals surface area (Å²) in [4.78, 5) is 0. The molecule has 0 aliphatic rings. The van der Waals surface area contributed by atoms with Crippen LogP contribution in [0, 0.1) is 5.82 Å². The van der Waals surface area contributed by atoms with Crippen LogP contribution in [0.1, 0.15) is 64.2 Å². The maximum Gasteiger partial charge on any atom is 0.134 e. The SMILES string of the molecule is CCCCCCC(NCCC)c1cc2cc(F)ccc2o1. The number of benzene rings is 1. The molecule has 0 amide bonds. The fourth-order valence-electron chi connectivity index (χ4n) is 2.65. The highest BCUT2D eigenvalue weighted by Crippen LogP contribution is 2.27. The van der Waals surface area contributed by atoms with Crippen LogP contribution in [-0.2, 0) is 0 Å². The molecular formula is C18H26FNO. The Bertz CT molecular complexity index is 549. The third-order valence-corrected chi connectivity index (χ3v) is 3.83. The summed E-state index contributed by atoms with van der Waals surface area (Å²) in [7, 11) is 0. The van der Waals surface area contributed by atoms with Crippen LogP contribution in [0.5, 0.6) is 0 Å². The molecule has 0 spiro atoms. The monoisotopic (exact) mass is 291 g/mol. The minimum absolute atomic E-state index is 0.212. The van der Waals surface area contributed by atoms with Crippen LogP contribution in [0.2, 0.25) is 0 Å². The molecule has 0 saturated carbocycles. The molecule has 0 aliphatic heterocycles. The molecular weight excluding hydrogens is 265 g/mol. The van der Waals surface area contributed by atoms with Crippen molar-refractivity contribution in [3.63, 3.8) is 0 Å². The first kappa shape index (κ1) is 16.0. The van der Waals surface area contributed by atoms with Crippen LogP contribution in [0.25, 0.3) is 11.0 Å². The number of rotatable bonds is 9. The summed E-state index contributed by atoms with van der Waals surface area (Å²) >= 11 is 0. The van der Waals surface area contributed by atoms with E-state index >= 15 is 0 Å². The van der Waals surface area contributed by atoms with E-state index in [-0.39, 0.29) is 11.9 Å². The van der Waals surface area contributed by atoms with Gasteiger partial charge >= 0.3 is 0 Å². The normalized spacial score (nSPS) is 12.9. The second-order valence-electron chi connectivity index (χ2n) is 5.69. The summed E-state index contributed by atoms with van der Waals surface area (Å²) < 4.78 is 19.2. The predicted molar refractivity (Wildman–Crippen MR) is 86.0 cm³/mol. The first-order chi connectivity index (χ1) is 10.2. The van der Waals surface area contributed by atoms with Crippen molar-refractivity contribution in [2.45, 2.75) is 58.4 Å². The Morgan fingerprint density at radius 1 is 1.10 bits per heavy atom. The van der Waals surface area contributed by atoms with Crippen molar-refractivity contribution in [2.75, 3.05) is 6.54 Å². The lowest BCUT2D eigenvalue weighted by Gasteiger charge is -2.16. The first-order valence-electron chi connectivity index (χ1n) is 8.17. The molecule has 1 N–H and O–H groups in total. The van der Waals surface area contributed by atoms with Gasteiger partial charge in [0, 0.05) is 5.39 Å². The van der Waals surface area contributed by atoms with Gasteiger partial charge in [-0.25, -0.2) is 4.39 Å². The zero-order valence-corrected chi connectivity index (χ0v) is 13.1.